The monoisotopic (exact) mass is 513 g/mol. The number of allylic oxidation sites excluding steroid dienone is 3. The van der Waals surface area contributed by atoms with Crippen molar-refractivity contribution < 1.29 is 28.6 Å². The first-order valence-corrected chi connectivity index (χ1v) is 12.4. The zero-order valence-corrected chi connectivity index (χ0v) is 21.2. The number of hydrogen-bond acceptors (Lipinski definition) is 6. The van der Waals surface area contributed by atoms with Crippen LogP contribution in [0.2, 0.25) is 0 Å². The predicted molar refractivity (Wildman–Crippen MR) is 140 cm³/mol. The molecular formula is C31H28FNO5. The number of halogens is 1. The third-order valence-corrected chi connectivity index (χ3v) is 7.09. The van der Waals surface area contributed by atoms with E-state index in [0.29, 0.717) is 28.8 Å². The zero-order chi connectivity index (χ0) is 26.8. The number of phenolic OH excluding ortho intramolecular Hbond substituents is 1. The first-order chi connectivity index (χ1) is 18.4. The van der Waals surface area contributed by atoms with Crippen LogP contribution in [0, 0.1) is 5.82 Å². The Balaban J connectivity index is 1.52. The molecule has 0 fully saturated rings. The van der Waals surface area contributed by atoms with Crippen LogP contribution in [0.1, 0.15) is 48.3 Å². The van der Waals surface area contributed by atoms with Gasteiger partial charge in [-0.2, -0.15) is 0 Å². The third kappa shape index (κ3) is 4.92. The summed E-state index contributed by atoms with van der Waals surface area (Å²) in [5, 5.41) is 13.5. The molecule has 0 amide bonds. The number of carbonyl (C=O) groups is 2. The number of phenols is 1. The molecule has 3 aromatic carbocycles. The highest BCUT2D eigenvalue weighted by Crippen LogP contribution is 2.47. The summed E-state index contributed by atoms with van der Waals surface area (Å²) in [5.41, 5.74) is 4.16. The van der Waals surface area contributed by atoms with Gasteiger partial charge in [0.15, 0.2) is 5.78 Å². The van der Waals surface area contributed by atoms with Gasteiger partial charge in [-0.3, -0.25) is 4.79 Å². The van der Waals surface area contributed by atoms with E-state index in [4.69, 9.17) is 9.47 Å². The van der Waals surface area contributed by atoms with Crippen LogP contribution in [-0.4, -0.2) is 24.0 Å². The number of ether oxygens (including phenoxy) is 2. The average Bonchev–Trinajstić information content (AvgIpc) is 2.91. The van der Waals surface area contributed by atoms with Gasteiger partial charge in [0.2, 0.25) is 0 Å². The molecule has 2 unspecified atom stereocenters. The molecule has 0 radical (unpaired) electrons. The van der Waals surface area contributed by atoms with E-state index in [0.717, 1.165) is 17.0 Å². The fourth-order valence-electron chi connectivity index (χ4n) is 5.42. The molecule has 1 heterocycles. The third-order valence-electron chi connectivity index (χ3n) is 7.09. The number of ketones is 1. The molecule has 2 aliphatic rings. The Labute approximate surface area is 220 Å². The van der Waals surface area contributed by atoms with Crippen molar-refractivity contribution in [2.45, 2.75) is 38.2 Å². The standard InChI is InChI=1S/C31H28FNO5/c1-18-28(31(36)38-17-19-7-5-9-22(32)13-19)29(20-8-6-10-23(34)14-20)30-25(33-18)15-21(16-26(30)35)24-11-3-4-12-27(24)37-2/h3-14,21,29,33-34H,15-17H2,1-2H3. The van der Waals surface area contributed by atoms with Crippen LogP contribution < -0.4 is 10.1 Å². The van der Waals surface area contributed by atoms with Gasteiger partial charge in [-0.25, -0.2) is 9.18 Å². The van der Waals surface area contributed by atoms with Crippen LogP contribution in [0.3, 0.4) is 0 Å². The first kappa shape index (κ1) is 25.3. The molecule has 6 nitrogen and oxygen atoms in total. The lowest BCUT2D eigenvalue weighted by Crippen LogP contribution is -2.36. The lowest BCUT2D eigenvalue weighted by molar-refractivity contribution is -0.140. The quantitative estimate of drug-likeness (QED) is 0.415. The van der Waals surface area contributed by atoms with Crippen LogP contribution in [0.25, 0.3) is 0 Å². The molecule has 2 atom stereocenters. The maximum Gasteiger partial charge on any atom is 0.337 e. The molecular weight excluding hydrogens is 485 g/mol. The van der Waals surface area contributed by atoms with Crippen molar-refractivity contribution in [3.8, 4) is 11.5 Å². The Hall–Kier alpha value is -4.39. The van der Waals surface area contributed by atoms with Gasteiger partial charge >= 0.3 is 5.97 Å². The van der Waals surface area contributed by atoms with Gasteiger partial charge < -0.3 is 19.9 Å². The molecule has 194 valence electrons. The maximum absolute atomic E-state index is 13.8. The van der Waals surface area contributed by atoms with E-state index in [-0.39, 0.29) is 36.1 Å². The average molecular weight is 514 g/mol. The molecule has 7 heteroatoms. The summed E-state index contributed by atoms with van der Waals surface area (Å²) in [5.74, 6) is -1.18. The van der Waals surface area contributed by atoms with Crippen molar-refractivity contribution in [2.24, 2.45) is 0 Å². The van der Waals surface area contributed by atoms with Crippen LogP contribution in [-0.2, 0) is 20.9 Å². The van der Waals surface area contributed by atoms with Gasteiger partial charge in [0, 0.05) is 35.2 Å². The summed E-state index contributed by atoms with van der Waals surface area (Å²) in [6, 6.07) is 20.1. The topological polar surface area (TPSA) is 84.9 Å². The van der Waals surface area contributed by atoms with Crippen molar-refractivity contribution in [2.75, 3.05) is 7.11 Å². The number of methoxy groups -OCH3 is 1. The number of para-hydroxylation sites is 1. The lowest BCUT2D eigenvalue weighted by atomic mass is 9.71. The number of aromatic hydroxyl groups is 1. The normalized spacial score (nSPS) is 19.1. The Morgan fingerprint density at radius 1 is 1.05 bits per heavy atom. The van der Waals surface area contributed by atoms with Crippen LogP contribution in [0.15, 0.2) is 95.3 Å². The molecule has 1 aliphatic heterocycles. The van der Waals surface area contributed by atoms with Gasteiger partial charge in [0.05, 0.1) is 12.7 Å². The maximum atomic E-state index is 13.8. The predicted octanol–water partition coefficient (Wildman–Crippen LogP) is 5.64. The SMILES string of the molecule is COc1ccccc1C1CC(=O)C2=C(C1)NC(C)=C(C(=O)OCc1cccc(F)c1)C2c1cccc(O)c1. The smallest absolute Gasteiger partial charge is 0.337 e. The number of esters is 1. The van der Waals surface area contributed by atoms with Crippen molar-refractivity contribution in [3.63, 3.8) is 0 Å². The highest BCUT2D eigenvalue weighted by Gasteiger charge is 2.42. The number of Topliss-reactive ketones (excluding diaryl/α,β-unsaturated/α-hetero) is 1. The summed E-state index contributed by atoms with van der Waals surface area (Å²) in [4.78, 5) is 27.2. The highest BCUT2D eigenvalue weighted by atomic mass is 19.1. The largest absolute Gasteiger partial charge is 0.508 e. The van der Waals surface area contributed by atoms with E-state index in [9.17, 15) is 19.1 Å². The van der Waals surface area contributed by atoms with Crippen molar-refractivity contribution >= 4 is 11.8 Å². The molecule has 1 aliphatic carbocycles. The van der Waals surface area contributed by atoms with E-state index >= 15 is 0 Å². The fraction of sp³-hybridized carbons (Fsp3) is 0.226. The number of nitrogens with one attached hydrogen (secondary N) is 1. The highest BCUT2D eigenvalue weighted by molar-refractivity contribution is 6.04. The fourth-order valence-corrected chi connectivity index (χ4v) is 5.42. The van der Waals surface area contributed by atoms with Crippen LogP contribution >= 0.6 is 0 Å². The number of benzene rings is 3. The summed E-state index contributed by atoms with van der Waals surface area (Å²) >= 11 is 0. The summed E-state index contributed by atoms with van der Waals surface area (Å²) in [6.07, 6.45) is 0.806. The molecule has 38 heavy (non-hydrogen) atoms. The zero-order valence-electron chi connectivity index (χ0n) is 21.2. The minimum Gasteiger partial charge on any atom is -0.508 e. The number of hydrogen-bond donors (Lipinski definition) is 2. The number of carbonyl (C=O) groups excluding carboxylic acids is 2. The molecule has 2 N–H and O–H groups in total. The van der Waals surface area contributed by atoms with E-state index < -0.39 is 17.7 Å². The Morgan fingerprint density at radius 2 is 1.84 bits per heavy atom. The van der Waals surface area contributed by atoms with E-state index in [2.05, 4.69) is 5.32 Å². The van der Waals surface area contributed by atoms with Gasteiger partial charge in [-0.15, -0.1) is 0 Å². The summed E-state index contributed by atoms with van der Waals surface area (Å²) in [7, 11) is 1.61. The molecule has 5 rings (SSSR count). The molecule has 3 aromatic rings. The second-order valence-corrected chi connectivity index (χ2v) is 9.56. The number of dihydropyridines is 1. The lowest BCUT2D eigenvalue weighted by Gasteiger charge is -2.37. The van der Waals surface area contributed by atoms with Crippen LogP contribution in [0.4, 0.5) is 4.39 Å². The Morgan fingerprint density at radius 3 is 2.61 bits per heavy atom. The van der Waals surface area contributed by atoms with Gasteiger partial charge in [0.25, 0.3) is 0 Å². The van der Waals surface area contributed by atoms with Gasteiger partial charge in [-0.05, 0) is 60.4 Å². The number of rotatable bonds is 6. The minimum absolute atomic E-state index is 0.0310. The van der Waals surface area contributed by atoms with E-state index in [1.807, 2.05) is 24.3 Å². The van der Waals surface area contributed by atoms with Crippen LogP contribution in [0.5, 0.6) is 11.5 Å². The van der Waals surface area contributed by atoms with Gasteiger partial charge in [0.1, 0.15) is 23.9 Å². The molecule has 0 aromatic heterocycles. The molecule has 0 saturated carbocycles. The Kier molecular flexibility index (Phi) is 7.01. The Bertz CT molecular complexity index is 1470. The summed E-state index contributed by atoms with van der Waals surface area (Å²) in [6.45, 7) is 1.66. The molecule has 0 spiro atoms. The first-order valence-electron chi connectivity index (χ1n) is 12.4. The van der Waals surface area contributed by atoms with Crippen molar-refractivity contribution in [1.29, 1.82) is 0 Å². The van der Waals surface area contributed by atoms with E-state index in [1.165, 1.54) is 12.1 Å². The molecule has 0 bridgehead atoms. The van der Waals surface area contributed by atoms with Crippen molar-refractivity contribution in [3.05, 3.63) is 118 Å². The minimum atomic E-state index is -0.718. The summed E-state index contributed by atoms with van der Waals surface area (Å²) < 4.78 is 24.8. The van der Waals surface area contributed by atoms with Gasteiger partial charge in [-0.1, -0.05) is 42.5 Å². The van der Waals surface area contributed by atoms with Crippen molar-refractivity contribution in [1.82, 2.24) is 5.32 Å². The second-order valence-electron chi connectivity index (χ2n) is 9.56. The second kappa shape index (κ2) is 10.5. The van der Waals surface area contributed by atoms with E-state index in [1.54, 1.807) is 50.4 Å². The molecule has 0 saturated heterocycles.